The molecule has 0 atom stereocenters. The molecule has 20 heavy (non-hydrogen) atoms. The molecule has 1 aromatic carbocycles. The molecule has 5 heteroatoms. The summed E-state index contributed by atoms with van der Waals surface area (Å²) in [6, 6.07) is 11.6. The number of nitrogens with one attached hydrogen (secondary N) is 1. The molecule has 1 aliphatic rings. The average molecular weight is 300 g/mol. The monoisotopic (exact) mass is 300 g/mol. The minimum absolute atomic E-state index is 0.0693. The number of thioether (sulfide) groups is 1. The molecule has 0 radical (unpaired) electrons. The number of nitrogens with zero attached hydrogens (tertiary/aromatic N) is 1. The number of thiocarbonyl (C=S) groups is 1. The number of carbonyl (C=O) groups is 1. The molecule has 0 unspecified atom stereocenters. The number of aromatic amines is 1. The second kappa shape index (κ2) is 5.26. The van der Waals surface area contributed by atoms with Gasteiger partial charge < -0.3 is 4.98 Å². The predicted molar refractivity (Wildman–Crippen MR) is 87.6 cm³/mol. The number of H-pyrrole nitrogens is 1. The molecule has 1 saturated heterocycles. The smallest absolute Gasteiger partial charge is 0.270 e. The van der Waals surface area contributed by atoms with Gasteiger partial charge in [-0.15, -0.1) is 0 Å². The Morgan fingerprint density at radius 3 is 2.85 bits per heavy atom. The molecule has 1 aromatic heterocycles. The molecule has 3 rings (SSSR count). The molecule has 1 aliphatic heterocycles. The van der Waals surface area contributed by atoms with E-state index in [9.17, 15) is 4.79 Å². The number of hydrogen-bond acceptors (Lipinski definition) is 3. The van der Waals surface area contributed by atoms with E-state index in [1.807, 2.05) is 55.6 Å². The van der Waals surface area contributed by atoms with Gasteiger partial charge in [0.25, 0.3) is 5.91 Å². The summed E-state index contributed by atoms with van der Waals surface area (Å²) in [5.74, 6) is -0.0693. The quantitative estimate of drug-likeness (QED) is 0.678. The van der Waals surface area contributed by atoms with Crippen LogP contribution < -0.4 is 4.90 Å². The normalized spacial score (nSPS) is 17.2. The minimum atomic E-state index is -0.0693. The molecule has 3 nitrogen and oxygen atoms in total. The van der Waals surface area contributed by atoms with Gasteiger partial charge in [0.2, 0.25) is 0 Å². The number of carbonyl (C=O) groups excluding carboxylic acids is 1. The van der Waals surface area contributed by atoms with Gasteiger partial charge in [-0.1, -0.05) is 36.1 Å². The van der Waals surface area contributed by atoms with Crippen molar-refractivity contribution in [2.75, 3.05) is 4.90 Å². The molecule has 2 aromatic rings. The lowest BCUT2D eigenvalue weighted by Crippen LogP contribution is -2.27. The van der Waals surface area contributed by atoms with E-state index in [0.29, 0.717) is 9.23 Å². The molecule has 0 bridgehead atoms. The van der Waals surface area contributed by atoms with Crippen molar-refractivity contribution in [3.8, 4) is 0 Å². The van der Waals surface area contributed by atoms with E-state index in [0.717, 1.165) is 16.9 Å². The zero-order valence-corrected chi connectivity index (χ0v) is 12.4. The molecule has 1 N–H and O–H groups in total. The number of aryl methyl sites for hydroxylation is 1. The zero-order chi connectivity index (χ0) is 14.1. The zero-order valence-electron chi connectivity index (χ0n) is 10.8. The Morgan fingerprint density at radius 2 is 2.15 bits per heavy atom. The van der Waals surface area contributed by atoms with E-state index in [2.05, 4.69) is 4.98 Å². The minimum Gasteiger partial charge on any atom is -0.362 e. The third-order valence-corrected chi connectivity index (χ3v) is 4.26. The molecule has 2 heterocycles. The van der Waals surface area contributed by atoms with Crippen LogP contribution in [0.5, 0.6) is 0 Å². The third-order valence-electron chi connectivity index (χ3n) is 2.96. The predicted octanol–water partition coefficient (Wildman–Crippen LogP) is 3.73. The number of rotatable bonds is 2. The van der Waals surface area contributed by atoms with Gasteiger partial charge in [0, 0.05) is 11.9 Å². The molecule has 0 saturated carbocycles. The molecular weight excluding hydrogens is 288 g/mol. The number of anilines is 1. The highest BCUT2D eigenvalue weighted by Crippen LogP contribution is 2.35. The van der Waals surface area contributed by atoms with Crippen molar-refractivity contribution < 1.29 is 4.79 Å². The van der Waals surface area contributed by atoms with Crippen LogP contribution in [0.25, 0.3) is 6.08 Å². The maximum Gasteiger partial charge on any atom is 0.270 e. The fourth-order valence-electron chi connectivity index (χ4n) is 2.03. The number of hydrogen-bond donors (Lipinski definition) is 1. The van der Waals surface area contributed by atoms with Crippen molar-refractivity contribution in [2.45, 2.75) is 6.92 Å². The summed E-state index contributed by atoms with van der Waals surface area (Å²) in [5.41, 5.74) is 2.82. The van der Waals surface area contributed by atoms with Gasteiger partial charge in [-0.2, -0.15) is 0 Å². The van der Waals surface area contributed by atoms with Crippen molar-refractivity contribution in [1.29, 1.82) is 0 Å². The molecule has 100 valence electrons. The van der Waals surface area contributed by atoms with Crippen LogP contribution in [0.1, 0.15) is 11.3 Å². The number of amides is 1. The van der Waals surface area contributed by atoms with E-state index < -0.39 is 0 Å². The summed E-state index contributed by atoms with van der Waals surface area (Å²) in [4.78, 5) is 17.8. The van der Waals surface area contributed by atoms with Gasteiger partial charge in [0.15, 0.2) is 4.32 Å². The van der Waals surface area contributed by atoms with Crippen LogP contribution in [0.3, 0.4) is 0 Å². The van der Waals surface area contributed by atoms with E-state index in [1.54, 1.807) is 4.90 Å². The van der Waals surface area contributed by atoms with Crippen LogP contribution in [0.15, 0.2) is 47.5 Å². The van der Waals surface area contributed by atoms with Gasteiger partial charge in [-0.25, -0.2) is 0 Å². The first-order valence-corrected chi connectivity index (χ1v) is 7.35. The van der Waals surface area contributed by atoms with Crippen LogP contribution in [0.2, 0.25) is 0 Å². The fraction of sp³-hybridized carbons (Fsp3) is 0.0667. The lowest BCUT2D eigenvalue weighted by Gasteiger charge is -2.14. The Labute approximate surface area is 126 Å². The Morgan fingerprint density at radius 1 is 1.30 bits per heavy atom. The maximum atomic E-state index is 12.5. The van der Waals surface area contributed by atoms with E-state index >= 15 is 0 Å². The second-order valence-corrected chi connectivity index (χ2v) is 6.16. The first-order chi connectivity index (χ1) is 9.65. The Kier molecular flexibility index (Phi) is 3.46. The maximum absolute atomic E-state index is 12.5. The van der Waals surface area contributed by atoms with Crippen LogP contribution >= 0.6 is 24.0 Å². The van der Waals surface area contributed by atoms with Gasteiger partial charge in [-0.05, 0) is 42.8 Å². The Hall–Kier alpha value is -1.85. The molecule has 0 aliphatic carbocycles. The van der Waals surface area contributed by atoms with Crippen LogP contribution in [-0.2, 0) is 4.79 Å². The molecular formula is C15H12N2OS2. The summed E-state index contributed by atoms with van der Waals surface area (Å²) in [6.45, 7) is 2.00. The van der Waals surface area contributed by atoms with Gasteiger partial charge in [0.1, 0.15) is 0 Å². The average Bonchev–Trinajstić information content (AvgIpc) is 2.99. The number of aromatic nitrogens is 1. The highest BCUT2D eigenvalue weighted by Gasteiger charge is 2.33. The SMILES string of the molecule is Cc1cccc(N2C(=O)/C(=C/c3ccc[nH]3)SC2=S)c1. The van der Waals surface area contributed by atoms with Gasteiger partial charge >= 0.3 is 0 Å². The van der Waals surface area contributed by atoms with E-state index in [-0.39, 0.29) is 5.91 Å². The number of benzene rings is 1. The van der Waals surface area contributed by atoms with Crippen LogP contribution in [0, 0.1) is 6.92 Å². The summed E-state index contributed by atoms with van der Waals surface area (Å²) >= 11 is 6.66. The van der Waals surface area contributed by atoms with Crippen molar-refractivity contribution in [2.24, 2.45) is 0 Å². The molecule has 1 fully saturated rings. The highest BCUT2D eigenvalue weighted by atomic mass is 32.2. The third kappa shape index (κ3) is 2.42. The van der Waals surface area contributed by atoms with Crippen molar-refractivity contribution in [3.63, 3.8) is 0 Å². The lowest BCUT2D eigenvalue weighted by atomic mass is 10.2. The summed E-state index contributed by atoms with van der Waals surface area (Å²) in [5, 5.41) is 0. The van der Waals surface area contributed by atoms with Crippen molar-refractivity contribution in [1.82, 2.24) is 4.98 Å². The van der Waals surface area contributed by atoms with Crippen molar-refractivity contribution in [3.05, 3.63) is 58.8 Å². The summed E-state index contributed by atoms with van der Waals surface area (Å²) < 4.78 is 0.568. The highest BCUT2D eigenvalue weighted by molar-refractivity contribution is 8.27. The summed E-state index contributed by atoms with van der Waals surface area (Å²) in [6.07, 6.45) is 3.65. The standard InChI is InChI=1S/C15H12N2OS2/c1-10-4-2-6-12(8-10)17-14(18)13(20-15(17)19)9-11-5-3-7-16-11/h2-9,16H,1H3/b13-9-. The van der Waals surface area contributed by atoms with E-state index in [4.69, 9.17) is 12.2 Å². The lowest BCUT2D eigenvalue weighted by molar-refractivity contribution is -0.113. The first-order valence-electron chi connectivity index (χ1n) is 6.13. The topological polar surface area (TPSA) is 36.1 Å². The Balaban J connectivity index is 1.95. The summed E-state index contributed by atoms with van der Waals surface area (Å²) in [7, 11) is 0. The fourth-order valence-corrected chi connectivity index (χ4v) is 3.32. The first kappa shape index (κ1) is 13.1. The van der Waals surface area contributed by atoms with Gasteiger partial charge in [0.05, 0.1) is 10.6 Å². The largest absolute Gasteiger partial charge is 0.362 e. The van der Waals surface area contributed by atoms with Crippen molar-refractivity contribution >= 4 is 46.0 Å². The van der Waals surface area contributed by atoms with E-state index in [1.165, 1.54) is 11.8 Å². The van der Waals surface area contributed by atoms with Crippen LogP contribution in [-0.4, -0.2) is 15.2 Å². The Bertz CT molecular complexity index is 704. The molecule has 1 amide bonds. The van der Waals surface area contributed by atoms with Crippen LogP contribution in [0.4, 0.5) is 5.69 Å². The second-order valence-electron chi connectivity index (χ2n) is 4.48. The van der Waals surface area contributed by atoms with Gasteiger partial charge in [-0.3, -0.25) is 9.69 Å². The molecule has 0 spiro atoms.